The number of nitrogens with one attached hydrogen (secondary N) is 3. The molecule has 2 aromatic carbocycles. The molecule has 0 saturated carbocycles. The van der Waals surface area contributed by atoms with E-state index in [1.165, 1.54) is 0 Å². The molecule has 240 valence electrons. The second kappa shape index (κ2) is 17.7. The lowest BCUT2D eigenvalue weighted by Gasteiger charge is -2.23. The predicted octanol–water partition coefficient (Wildman–Crippen LogP) is -0.569. The van der Waals surface area contributed by atoms with Gasteiger partial charge < -0.3 is 43.8 Å². The number of carboxylic acid groups (broad SMARTS) is 1. The Hall–Kier alpha value is -5.19. The zero-order chi connectivity index (χ0) is 33.4. The highest BCUT2D eigenvalue weighted by molar-refractivity contribution is 5.95. The molecule has 2 rings (SSSR count). The number of nitrogen functional groups attached to an aromatic ring is 1. The average Bonchev–Trinajstić information content (AvgIpc) is 2.96. The zero-order valence-corrected chi connectivity index (χ0v) is 23.4. The number of nitrogens with zero attached hydrogens (tertiary/aromatic N) is 1. The van der Waals surface area contributed by atoms with Crippen LogP contribution < -0.4 is 33.6 Å². The second-order valence-electron chi connectivity index (χ2n) is 9.24. The van der Waals surface area contributed by atoms with Gasteiger partial charge in [0.2, 0.25) is 17.7 Å². The lowest BCUT2D eigenvalue weighted by atomic mass is 9.90. The van der Waals surface area contributed by atoms with Crippen molar-refractivity contribution in [1.29, 1.82) is 5.41 Å². The van der Waals surface area contributed by atoms with Crippen LogP contribution >= 0.6 is 0 Å². The minimum Gasteiger partial charge on any atom is -0.475 e. The van der Waals surface area contributed by atoms with Crippen LogP contribution in [-0.2, 0) is 25.6 Å². The number of carboxylic acids is 1. The molecular formula is C27H35F3N8O6. The lowest BCUT2D eigenvalue weighted by molar-refractivity contribution is -0.192. The Labute approximate surface area is 250 Å². The van der Waals surface area contributed by atoms with Crippen molar-refractivity contribution in [2.24, 2.45) is 27.9 Å². The van der Waals surface area contributed by atoms with Crippen LogP contribution in [0, 0.1) is 5.41 Å². The van der Waals surface area contributed by atoms with Crippen LogP contribution in [0.25, 0.3) is 0 Å². The quantitative estimate of drug-likeness (QED) is 0.0738. The fraction of sp³-hybridized carbons (Fsp3) is 0.333. The van der Waals surface area contributed by atoms with Crippen LogP contribution in [0.3, 0.4) is 0 Å². The number of hydrogen-bond donors (Lipinski definition) is 9. The first kappa shape index (κ1) is 36.8. The van der Waals surface area contributed by atoms with E-state index in [1.807, 2.05) is 6.07 Å². The van der Waals surface area contributed by atoms with Crippen molar-refractivity contribution < 1.29 is 42.6 Å². The summed E-state index contributed by atoms with van der Waals surface area (Å²) in [6.07, 6.45) is -4.24. The van der Waals surface area contributed by atoms with Crippen LogP contribution in [0.5, 0.6) is 0 Å². The molecule has 2 aromatic rings. The number of benzene rings is 2. The van der Waals surface area contributed by atoms with Crippen molar-refractivity contribution in [3.63, 3.8) is 0 Å². The topological polar surface area (TPSA) is 273 Å². The number of aliphatic carboxylic acids is 1. The number of amidine groups is 1. The van der Waals surface area contributed by atoms with E-state index in [-0.39, 0.29) is 24.8 Å². The molecule has 0 aromatic heterocycles. The fourth-order valence-electron chi connectivity index (χ4n) is 3.63. The molecule has 0 aliphatic rings. The van der Waals surface area contributed by atoms with Gasteiger partial charge in [-0.3, -0.25) is 24.8 Å². The molecule has 1 unspecified atom stereocenters. The Morgan fingerprint density at radius 3 is 1.89 bits per heavy atom. The Morgan fingerprint density at radius 1 is 0.886 bits per heavy atom. The maximum absolute atomic E-state index is 13.3. The first-order valence-corrected chi connectivity index (χ1v) is 12.9. The van der Waals surface area contributed by atoms with Crippen LogP contribution in [0.1, 0.15) is 35.4 Å². The maximum atomic E-state index is 13.3. The monoisotopic (exact) mass is 624 g/mol. The number of hydrogen-bond acceptors (Lipinski definition) is 7. The minimum absolute atomic E-state index is 0.0637. The number of alkyl halides is 3. The van der Waals surface area contributed by atoms with E-state index >= 15 is 0 Å². The summed E-state index contributed by atoms with van der Waals surface area (Å²) in [6, 6.07) is 13.6. The zero-order valence-electron chi connectivity index (χ0n) is 23.4. The van der Waals surface area contributed by atoms with Gasteiger partial charge in [0.15, 0.2) is 5.96 Å². The van der Waals surface area contributed by atoms with Crippen molar-refractivity contribution in [1.82, 2.24) is 10.6 Å². The molecule has 0 heterocycles. The number of primary amides is 1. The van der Waals surface area contributed by atoms with Gasteiger partial charge >= 0.3 is 12.1 Å². The molecule has 13 N–H and O–H groups in total. The fourth-order valence-corrected chi connectivity index (χ4v) is 3.63. The third-order valence-electron chi connectivity index (χ3n) is 5.89. The van der Waals surface area contributed by atoms with E-state index in [1.54, 1.807) is 48.5 Å². The standard InChI is InChI=1S/C25H34N8O4.C2HF3O2/c26-21(27)17-10-8-15(9-11-17)13-18(16-5-2-1-3-6-16)23(36)33-20(14-34)24(37)32-19(22(28)35)7-4-12-31-25(29)30;3-2(4,5)1(6)7/h1-3,5-6,8-11,18-20,34H,4,7,12-14H2,(H3,26,27)(H2,28,35)(H,32,37)(H,33,36)(H4,29,30,31);(H,6,7)/t18?,19-,20-;/m0./s1. The number of guanidine groups is 1. The van der Waals surface area contributed by atoms with Crippen LogP contribution in [0.4, 0.5) is 13.2 Å². The molecule has 0 bridgehead atoms. The largest absolute Gasteiger partial charge is 0.490 e. The number of aliphatic imine (C=N–C) groups is 1. The van der Waals surface area contributed by atoms with Gasteiger partial charge in [0.05, 0.1) is 12.5 Å². The van der Waals surface area contributed by atoms with Gasteiger partial charge in [-0.1, -0.05) is 54.6 Å². The summed E-state index contributed by atoms with van der Waals surface area (Å²) in [5.74, 6) is -5.60. The molecule has 0 radical (unpaired) electrons. The van der Waals surface area contributed by atoms with Gasteiger partial charge in [-0.2, -0.15) is 13.2 Å². The number of aliphatic hydroxyl groups excluding tert-OH is 1. The van der Waals surface area contributed by atoms with Crippen LogP contribution in [0.2, 0.25) is 0 Å². The first-order valence-electron chi connectivity index (χ1n) is 12.9. The molecule has 3 atom stereocenters. The normalized spacial score (nSPS) is 12.7. The third-order valence-corrected chi connectivity index (χ3v) is 5.89. The van der Waals surface area contributed by atoms with Crippen molar-refractivity contribution >= 4 is 35.5 Å². The van der Waals surface area contributed by atoms with Crippen molar-refractivity contribution in [3.8, 4) is 0 Å². The molecule has 17 heteroatoms. The summed E-state index contributed by atoms with van der Waals surface area (Å²) in [5.41, 5.74) is 23.5. The number of carbonyl (C=O) groups excluding carboxylic acids is 3. The van der Waals surface area contributed by atoms with E-state index in [0.29, 0.717) is 24.0 Å². The van der Waals surface area contributed by atoms with Gasteiger partial charge in [-0.25, -0.2) is 4.79 Å². The number of amides is 3. The van der Waals surface area contributed by atoms with E-state index in [4.69, 9.17) is 38.2 Å². The number of aliphatic hydroxyl groups is 1. The van der Waals surface area contributed by atoms with E-state index in [0.717, 1.165) is 5.56 Å². The number of nitrogens with two attached hydrogens (primary N) is 4. The number of rotatable bonds is 14. The summed E-state index contributed by atoms with van der Waals surface area (Å²) in [7, 11) is 0. The Kier molecular flexibility index (Phi) is 14.8. The van der Waals surface area contributed by atoms with Crippen molar-refractivity contribution in [3.05, 3.63) is 71.3 Å². The van der Waals surface area contributed by atoms with Gasteiger partial charge in [-0.05, 0) is 30.4 Å². The third kappa shape index (κ3) is 13.2. The average molecular weight is 625 g/mol. The highest BCUT2D eigenvalue weighted by Crippen LogP contribution is 2.22. The summed E-state index contributed by atoms with van der Waals surface area (Å²) >= 11 is 0. The molecule has 3 amide bonds. The molecule has 0 spiro atoms. The Morgan fingerprint density at radius 2 is 1.43 bits per heavy atom. The van der Waals surface area contributed by atoms with E-state index < -0.39 is 54.5 Å². The van der Waals surface area contributed by atoms with Gasteiger partial charge in [0.1, 0.15) is 17.9 Å². The number of halogens is 3. The summed E-state index contributed by atoms with van der Waals surface area (Å²) in [6.45, 7) is -0.444. The van der Waals surface area contributed by atoms with Gasteiger partial charge in [0, 0.05) is 12.1 Å². The molecule has 14 nitrogen and oxygen atoms in total. The van der Waals surface area contributed by atoms with Gasteiger partial charge in [0.25, 0.3) is 0 Å². The minimum atomic E-state index is -5.08. The Balaban J connectivity index is 0.00000123. The summed E-state index contributed by atoms with van der Waals surface area (Å²) in [4.78, 5) is 50.6. The molecule has 0 aliphatic heterocycles. The molecule has 0 saturated heterocycles. The van der Waals surface area contributed by atoms with Crippen molar-refractivity contribution in [2.75, 3.05) is 13.2 Å². The van der Waals surface area contributed by atoms with Crippen LogP contribution in [0.15, 0.2) is 59.6 Å². The van der Waals surface area contributed by atoms with E-state index in [9.17, 15) is 32.7 Å². The summed E-state index contributed by atoms with van der Waals surface area (Å²) < 4.78 is 31.7. The second-order valence-corrected chi connectivity index (χ2v) is 9.24. The van der Waals surface area contributed by atoms with Crippen LogP contribution in [-0.4, -0.2) is 77.1 Å². The predicted molar refractivity (Wildman–Crippen MR) is 154 cm³/mol. The molecule has 0 aliphatic carbocycles. The highest BCUT2D eigenvalue weighted by Gasteiger charge is 2.38. The first-order chi connectivity index (χ1) is 20.6. The summed E-state index contributed by atoms with van der Waals surface area (Å²) in [5, 5.41) is 29.5. The SMILES string of the molecule is N=C(N)c1ccc(CC(C(=O)N[C@@H](CO)C(=O)N[C@@H](CCCN=C(N)N)C(N)=O)c2ccccc2)cc1.O=C(O)C(F)(F)F. The highest BCUT2D eigenvalue weighted by atomic mass is 19.4. The van der Waals surface area contributed by atoms with Gasteiger partial charge in [-0.15, -0.1) is 0 Å². The molecule has 0 fully saturated rings. The Bertz CT molecular complexity index is 1300. The maximum Gasteiger partial charge on any atom is 0.490 e. The lowest BCUT2D eigenvalue weighted by Crippen LogP contribution is -2.55. The van der Waals surface area contributed by atoms with Crippen molar-refractivity contribution in [2.45, 2.75) is 43.4 Å². The smallest absolute Gasteiger partial charge is 0.475 e. The van der Waals surface area contributed by atoms with E-state index in [2.05, 4.69) is 15.6 Å². The molecular weight excluding hydrogens is 589 g/mol. The number of carbonyl (C=O) groups is 4. The molecule has 44 heavy (non-hydrogen) atoms.